The maximum absolute atomic E-state index is 2.54. The van der Waals surface area contributed by atoms with Crippen LogP contribution in [0.25, 0.3) is 197 Å². The highest BCUT2D eigenvalue weighted by atomic mass is 15.0. The molecule has 18 aromatic carbocycles. The van der Waals surface area contributed by atoms with Crippen molar-refractivity contribution in [3.63, 3.8) is 0 Å². The average Bonchev–Trinajstić information content (AvgIpc) is 1.53. The number of aromatic nitrogens is 4. The van der Waals surface area contributed by atoms with E-state index in [-0.39, 0.29) is 0 Å². The SMILES string of the molecule is c1ccc(-c2ccc(-n3c4ccccc4c4c3c3ccccc3c3c5c6ccccc6ccc5n(-c5ccc(-c6ccccc6)cc5)c34)cc2)cc1.c1ccc2cc(-n3c4ccccc4c4c3c3ccccc3c3c5c6ccccc6ccc5n(-c5ccc6ccccc6c5)c34)ccc2c1. The molecule has 22 rings (SSSR count). The zero-order valence-corrected chi connectivity index (χ0v) is 54.4. The molecule has 0 saturated carbocycles. The van der Waals surface area contributed by atoms with E-state index in [1.54, 1.807) is 0 Å². The standard InChI is InChI=1S/C50H32N2.C46H28N2/c1-3-13-33(14-4-1)35-23-28-38(29-24-35)51-44-22-12-11-21-43(44)48-49(51)42-20-10-9-19-41(42)47-46-40-18-8-7-17-37(40)27-32-45(46)52(50(47)48)39-30-25-36(26-31-39)34-15-5-2-6-16-34;1-3-14-32-27-34(24-21-29(32)11-1)47-40-20-10-9-19-39(40)44-45(47)38-18-8-7-17-37(38)43-42-36-16-6-5-13-31(36)23-26-41(42)48(46(43)44)35-25-22-30-12-2-4-15-33(30)28-35/h1-32H;1-28H. The van der Waals surface area contributed by atoms with Crippen molar-refractivity contribution in [3.8, 4) is 45.0 Å². The van der Waals surface area contributed by atoms with Gasteiger partial charge in [0, 0.05) is 76.6 Å². The molecule has 464 valence electrons. The molecule has 0 unspecified atom stereocenters. The summed E-state index contributed by atoms with van der Waals surface area (Å²) in [5, 5.41) is 25.3. The van der Waals surface area contributed by atoms with Gasteiger partial charge in [-0.25, -0.2) is 0 Å². The monoisotopic (exact) mass is 1270 g/mol. The van der Waals surface area contributed by atoms with Crippen LogP contribution < -0.4 is 0 Å². The summed E-state index contributed by atoms with van der Waals surface area (Å²) in [6, 6.07) is 133. The van der Waals surface area contributed by atoms with E-state index < -0.39 is 0 Å². The van der Waals surface area contributed by atoms with E-state index in [4.69, 9.17) is 0 Å². The predicted octanol–water partition coefficient (Wildman–Crippen LogP) is 26.0. The Morgan fingerprint density at radius 3 is 0.860 bits per heavy atom. The third-order valence-electron chi connectivity index (χ3n) is 21.3. The molecule has 0 radical (unpaired) electrons. The molecule has 0 saturated heterocycles. The van der Waals surface area contributed by atoms with Crippen LogP contribution in [0.3, 0.4) is 0 Å². The third-order valence-corrected chi connectivity index (χ3v) is 21.3. The molecule has 22 aromatic rings. The predicted molar refractivity (Wildman–Crippen MR) is 426 cm³/mol. The first-order valence-electron chi connectivity index (χ1n) is 34.6. The Bertz CT molecular complexity index is 7110. The van der Waals surface area contributed by atoms with Crippen molar-refractivity contribution >= 4 is 152 Å². The van der Waals surface area contributed by atoms with Crippen LogP contribution in [-0.2, 0) is 0 Å². The number of hydrogen-bond donors (Lipinski definition) is 0. The Morgan fingerprint density at radius 2 is 0.430 bits per heavy atom. The molecule has 0 fully saturated rings. The molecule has 4 heterocycles. The van der Waals surface area contributed by atoms with E-state index in [1.165, 1.54) is 185 Å². The van der Waals surface area contributed by atoms with Crippen molar-refractivity contribution in [2.75, 3.05) is 0 Å². The molecule has 0 aliphatic heterocycles. The van der Waals surface area contributed by atoms with Crippen molar-refractivity contribution in [3.05, 3.63) is 364 Å². The smallest absolute Gasteiger partial charge is 0.0648 e. The fourth-order valence-electron chi connectivity index (χ4n) is 17.0. The Labute approximate surface area is 575 Å². The van der Waals surface area contributed by atoms with Crippen LogP contribution in [-0.4, -0.2) is 18.3 Å². The lowest BCUT2D eigenvalue weighted by molar-refractivity contribution is 1.18. The number of hydrogen-bond acceptors (Lipinski definition) is 0. The van der Waals surface area contributed by atoms with Crippen LogP contribution in [0.2, 0.25) is 0 Å². The Balaban J connectivity index is 0.000000131. The zero-order chi connectivity index (χ0) is 65.5. The minimum Gasteiger partial charge on any atom is -0.309 e. The summed E-state index contributed by atoms with van der Waals surface area (Å²) in [6.45, 7) is 0. The fourth-order valence-corrected chi connectivity index (χ4v) is 17.0. The van der Waals surface area contributed by atoms with Gasteiger partial charge in [0.2, 0.25) is 0 Å². The molecule has 4 heteroatoms. The van der Waals surface area contributed by atoms with Gasteiger partial charge in [-0.3, -0.25) is 0 Å². The maximum atomic E-state index is 2.54. The maximum Gasteiger partial charge on any atom is 0.0648 e. The van der Waals surface area contributed by atoms with Crippen molar-refractivity contribution in [1.82, 2.24) is 18.3 Å². The van der Waals surface area contributed by atoms with Crippen molar-refractivity contribution < 1.29 is 0 Å². The summed E-state index contributed by atoms with van der Waals surface area (Å²) in [7, 11) is 0. The number of para-hydroxylation sites is 2. The summed E-state index contributed by atoms with van der Waals surface area (Å²) < 4.78 is 10.0. The van der Waals surface area contributed by atoms with Gasteiger partial charge in [-0.15, -0.1) is 0 Å². The molecule has 100 heavy (non-hydrogen) atoms. The molecular formula is C96H60N4. The van der Waals surface area contributed by atoms with Crippen molar-refractivity contribution in [1.29, 1.82) is 0 Å². The molecule has 0 spiro atoms. The zero-order valence-electron chi connectivity index (χ0n) is 54.4. The van der Waals surface area contributed by atoms with E-state index in [0.717, 1.165) is 11.4 Å². The lowest BCUT2D eigenvalue weighted by atomic mass is 9.97. The number of fused-ring (bicyclic) bond motifs is 26. The minimum atomic E-state index is 1.15. The molecule has 0 aliphatic carbocycles. The molecule has 0 atom stereocenters. The Kier molecular flexibility index (Phi) is 12.4. The van der Waals surface area contributed by atoms with Crippen LogP contribution in [0.15, 0.2) is 364 Å². The minimum absolute atomic E-state index is 1.15. The number of benzene rings is 18. The fraction of sp³-hybridized carbons (Fsp3) is 0. The number of rotatable bonds is 6. The normalized spacial score (nSPS) is 12.0. The average molecular weight is 1270 g/mol. The molecule has 0 N–H and O–H groups in total. The second kappa shape index (κ2) is 22.1. The molecule has 4 nitrogen and oxygen atoms in total. The largest absolute Gasteiger partial charge is 0.309 e. The van der Waals surface area contributed by atoms with Crippen molar-refractivity contribution in [2.24, 2.45) is 0 Å². The number of nitrogens with zero attached hydrogens (tertiary/aromatic N) is 4. The summed E-state index contributed by atoms with van der Waals surface area (Å²) in [4.78, 5) is 0. The Hall–Kier alpha value is -13.3. The summed E-state index contributed by atoms with van der Waals surface area (Å²) in [5.41, 5.74) is 19.3. The highest BCUT2D eigenvalue weighted by molar-refractivity contribution is 6.41. The quantitative estimate of drug-likeness (QED) is 0.158. The van der Waals surface area contributed by atoms with Crippen LogP contribution in [0.4, 0.5) is 0 Å². The second-order valence-corrected chi connectivity index (χ2v) is 26.6. The van der Waals surface area contributed by atoms with E-state index in [1.807, 2.05) is 0 Å². The summed E-state index contributed by atoms with van der Waals surface area (Å²) in [5.74, 6) is 0. The van der Waals surface area contributed by atoms with Gasteiger partial charge in [-0.05, 0) is 149 Å². The van der Waals surface area contributed by atoms with Crippen LogP contribution in [0.1, 0.15) is 0 Å². The van der Waals surface area contributed by atoms with Gasteiger partial charge in [0.05, 0.1) is 44.1 Å². The van der Waals surface area contributed by atoms with Crippen LogP contribution in [0.5, 0.6) is 0 Å². The Morgan fingerprint density at radius 1 is 0.140 bits per heavy atom. The van der Waals surface area contributed by atoms with Gasteiger partial charge in [0.1, 0.15) is 0 Å². The first-order chi connectivity index (χ1) is 49.7. The topological polar surface area (TPSA) is 19.7 Å². The highest BCUT2D eigenvalue weighted by Gasteiger charge is 2.28. The lowest BCUT2D eigenvalue weighted by Gasteiger charge is -2.14. The van der Waals surface area contributed by atoms with E-state index >= 15 is 0 Å². The van der Waals surface area contributed by atoms with E-state index in [2.05, 4.69) is 382 Å². The molecule has 0 bridgehead atoms. The van der Waals surface area contributed by atoms with E-state index in [9.17, 15) is 0 Å². The van der Waals surface area contributed by atoms with Gasteiger partial charge in [0.15, 0.2) is 0 Å². The molecular weight excluding hydrogens is 1210 g/mol. The van der Waals surface area contributed by atoms with Gasteiger partial charge < -0.3 is 18.3 Å². The third kappa shape index (κ3) is 8.35. The molecule has 0 aliphatic rings. The second-order valence-electron chi connectivity index (χ2n) is 26.6. The lowest BCUT2D eigenvalue weighted by Crippen LogP contribution is -1.97. The summed E-state index contributed by atoms with van der Waals surface area (Å²) in [6.07, 6.45) is 0. The van der Waals surface area contributed by atoms with Gasteiger partial charge >= 0.3 is 0 Å². The first-order valence-corrected chi connectivity index (χ1v) is 34.6. The molecule has 0 amide bonds. The molecule has 4 aromatic heterocycles. The van der Waals surface area contributed by atoms with Crippen LogP contribution in [0, 0.1) is 0 Å². The van der Waals surface area contributed by atoms with Crippen LogP contribution >= 0.6 is 0 Å². The van der Waals surface area contributed by atoms with Gasteiger partial charge in [-0.1, -0.05) is 291 Å². The van der Waals surface area contributed by atoms with Gasteiger partial charge in [-0.2, -0.15) is 0 Å². The highest BCUT2D eigenvalue weighted by Crippen LogP contribution is 2.51. The first kappa shape index (κ1) is 55.9. The van der Waals surface area contributed by atoms with Gasteiger partial charge in [0.25, 0.3) is 0 Å². The van der Waals surface area contributed by atoms with Crippen molar-refractivity contribution in [2.45, 2.75) is 0 Å². The van der Waals surface area contributed by atoms with E-state index in [0.29, 0.717) is 0 Å². The summed E-state index contributed by atoms with van der Waals surface area (Å²) >= 11 is 0.